The Kier molecular flexibility index (Phi) is 5.69. The molecule has 1 unspecified atom stereocenters. The van der Waals surface area contributed by atoms with Crippen LogP contribution in [0.3, 0.4) is 0 Å². The van der Waals surface area contributed by atoms with E-state index in [1.807, 2.05) is 30.3 Å². The van der Waals surface area contributed by atoms with Crippen molar-refractivity contribution in [3.8, 4) is 0 Å². The fourth-order valence-electron chi connectivity index (χ4n) is 3.27. The third kappa shape index (κ3) is 4.80. The van der Waals surface area contributed by atoms with E-state index in [0.29, 0.717) is 31.0 Å². The molecule has 154 valence electrons. The molecule has 3 aromatic rings. The van der Waals surface area contributed by atoms with Crippen molar-refractivity contribution in [2.45, 2.75) is 25.4 Å². The number of rotatable bonds is 6. The van der Waals surface area contributed by atoms with Gasteiger partial charge >= 0.3 is 6.03 Å². The molecule has 1 aliphatic rings. The predicted octanol–water partition coefficient (Wildman–Crippen LogP) is 3.05. The third-order valence-corrected chi connectivity index (χ3v) is 4.78. The van der Waals surface area contributed by atoms with E-state index in [1.54, 1.807) is 4.90 Å². The molecule has 4 rings (SSSR count). The molecule has 0 saturated carbocycles. The van der Waals surface area contributed by atoms with Crippen LogP contribution in [0.25, 0.3) is 0 Å². The number of nitrogens with one attached hydrogen (secondary N) is 2. The molecule has 1 aliphatic heterocycles. The first kappa shape index (κ1) is 19.6. The summed E-state index contributed by atoms with van der Waals surface area (Å²) in [6.07, 6.45) is 0.324. The number of aromatic nitrogens is 2. The van der Waals surface area contributed by atoms with Crippen LogP contribution in [0, 0.1) is 5.82 Å². The van der Waals surface area contributed by atoms with Crippen LogP contribution in [0.5, 0.6) is 0 Å². The van der Waals surface area contributed by atoms with Crippen LogP contribution in [0.15, 0.2) is 59.1 Å². The lowest BCUT2D eigenvalue weighted by Gasteiger charge is -2.15. The molecule has 0 aliphatic carbocycles. The number of anilines is 1. The van der Waals surface area contributed by atoms with Crippen molar-refractivity contribution >= 4 is 17.6 Å². The summed E-state index contributed by atoms with van der Waals surface area (Å²) >= 11 is 0. The zero-order chi connectivity index (χ0) is 20.9. The molecule has 1 fully saturated rings. The van der Waals surface area contributed by atoms with E-state index in [1.165, 1.54) is 24.3 Å². The monoisotopic (exact) mass is 409 g/mol. The van der Waals surface area contributed by atoms with Crippen LogP contribution in [-0.4, -0.2) is 33.5 Å². The second-order valence-corrected chi connectivity index (χ2v) is 7.02. The van der Waals surface area contributed by atoms with E-state index in [0.717, 1.165) is 5.56 Å². The molecule has 0 bridgehead atoms. The largest absolute Gasteiger partial charge is 0.338 e. The lowest BCUT2D eigenvalue weighted by molar-refractivity contribution is -0.128. The standard InChI is InChI=1S/C21H20FN5O3/c22-16-6-8-17(9-7-16)24-21(29)23-11-18-25-20(26-30-18)15-10-19(28)27(13-15)12-14-4-2-1-3-5-14/h1-9,15H,10-13H2,(H2,23,24,29). The first-order chi connectivity index (χ1) is 14.6. The number of carbonyl (C=O) groups excluding carboxylic acids is 2. The van der Waals surface area contributed by atoms with Gasteiger partial charge in [0.25, 0.3) is 0 Å². The number of hydrogen-bond donors (Lipinski definition) is 2. The fraction of sp³-hybridized carbons (Fsp3) is 0.238. The van der Waals surface area contributed by atoms with Gasteiger partial charge in [-0.1, -0.05) is 35.5 Å². The molecule has 2 heterocycles. The number of likely N-dealkylation sites (tertiary alicyclic amines) is 1. The van der Waals surface area contributed by atoms with Crippen LogP contribution < -0.4 is 10.6 Å². The summed E-state index contributed by atoms with van der Waals surface area (Å²) < 4.78 is 18.1. The van der Waals surface area contributed by atoms with Gasteiger partial charge in [0.2, 0.25) is 11.8 Å². The Balaban J connectivity index is 1.29. The molecule has 8 nitrogen and oxygen atoms in total. The van der Waals surface area contributed by atoms with E-state index in [2.05, 4.69) is 20.8 Å². The van der Waals surface area contributed by atoms with Gasteiger partial charge in [0.1, 0.15) is 5.82 Å². The Morgan fingerprint density at radius 2 is 1.93 bits per heavy atom. The number of amides is 3. The smallest absolute Gasteiger partial charge is 0.319 e. The van der Waals surface area contributed by atoms with Gasteiger partial charge in [-0.2, -0.15) is 4.98 Å². The molecule has 2 N–H and O–H groups in total. The maximum Gasteiger partial charge on any atom is 0.319 e. The SMILES string of the molecule is O=C(NCc1nc(C2CC(=O)N(Cc3ccccc3)C2)no1)Nc1ccc(F)cc1. The molecule has 30 heavy (non-hydrogen) atoms. The van der Waals surface area contributed by atoms with Gasteiger partial charge in [-0.25, -0.2) is 9.18 Å². The zero-order valence-corrected chi connectivity index (χ0v) is 16.0. The van der Waals surface area contributed by atoms with Gasteiger partial charge in [-0.05, 0) is 29.8 Å². The topological polar surface area (TPSA) is 100 Å². The summed E-state index contributed by atoms with van der Waals surface area (Å²) in [6, 6.07) is 14.7. The minimum absolute atomic E-state index is 0.0361. The van der Waals surface area contributed by atoms with E-state index in [-0.39, 0.29) is 30.1 Å². The van der Waals surface area contributed by atoms with Crippen molar-refractivity contribution in [3.63, 3.8) is 0 Å². The number of carbonyl (C=O) groups is 2. The number of hydrogen-bond acceptors (Lipinski definition) is 5. The molecule has 2 aromatic carbocycles. The maximum atomic E-state index is 12.9. The number of benzene rings is 2. The van der Waals surface area contributed by atoms with E-state index >= 15 is 0 Å². The highest BCUT2D eigenvalue weighted by molar-refractivity contribution is 5.89. The van der Waals surface area contributed by atoms with Gasteiger partial charge < -0.3 is 20.1 Å². The Morgan fingerprint density at radius 3 is 2.70 bits per heavy atom. The molecular formula is C21H20FN5O3. The summed E-state index contributed by atoms with van der Waals surface area (Å²) in [4.78, 5) is 30.4. The quantitative estimate of drug-likeness (QED) is 0.652. The molecule has 1 aromatic heterocycles. The lowest BCUT2D eigenvalue weighted by atomic mass is 10.1. The van der Waals surface area contributed by atoms with Crippen molar-refractivity contribution in [2.75, 3.05) is 11.9 Å². The van der Waals surface area contributed by atoms with Gasteiger partial charge in [0.15, 0.2) is 5.82 Å². The van der Waals surface area contributed by atoms with Crippen molar-refractivity contribution < 1.29 is 18.5 Å². The Hall–Kier alpha value is -3.75. The van der Waals surface area contributed by atoms with Crippen LogP contribution in [-0.2, 0) is 17.9 Å². The Bertz CT molecular complexity index is 1020. The molecule has 9 heteroatoms. The maximum absolute atomic E-state index is 12.9. The molecule has 3 amide bonds. The number of nitrogens with zero attached hydrogens (tertiary/aromatic N) is 3. The van der Waals surface area contributed by atoms with Crippen molar-refractivity contribution in [1.82, 2.24) is 20.4 Å². The predicted molar refractivity (Wildman–Crippen MR) is 106 cm³/mol. The fourth-order valence-corrected chi connectivity index (χ4v) is 3.27. The van der Waals surface area contributed by atoms with Gasteiger partial charge in [0, 0.05) is 31.1 Å². The van der Waals surface area contributed by atoms with E-state index < -0.39 is 6.03 Å². The molecule has 0 radical (unpaired) electrons. The van der Waals surface area contributed by atoms with Crippen molar-refractivity contribution in [3.05, 3.63) is 77.7 Å². The van der Waals surface area contributed by atoms with E-state index in [9.17, 15) is 14.0 Å². The zero-order valence-electron chi connectivity index (χ0n) is 16.0. The highest BCUT2D eigenvalue weighted by Gasteiger charge is 2.33. The molecule has 0 spiro atoms. The molecule has 1 atom stereocenters. The Labute approximate surface area is 172 Å². The molecular weight excluding hydrogens is 389 g/mol. The first-order valence-corrected chi connectivity index (χ1v) is 9.51. The highest BCUT2D eigenvalue weighted by atomic mass is 19.1. The number of halogens is 1. The van der Waals surface area contributed by atoms with Crippen LogP contribution >= 0.6 is 0 Å². The number of urea groups is 1. The Morgan fingerprint density at radius 1 is 1.17 bits per heavy atom. The average molecular weight is 409 g/mol. The summed E-state index contributed by atoms with van der Waals surface area (Å²) in [5.41, 5.74) is 1.53. The summed E-state index contributed by atoms with van der Waals surface area (Å²) in [5, 5.41) is 9.14. The van der Waals surface area contributed by atoms with Crippen LogP contribution in [0.2, 0.25) is 0 Å². The van der Waals surface area contributed by atoms with E-state index in [4.69, 9.17) is 4.52 Å². The van der Waals surface area contributed by atoms with Gasteiger partial charge in [-0.15, -0.1) is 0 Å². The summed E-state index contributed by atoms with van der Waals surface area (Å²) in [7, 11) is 0. The molecule has 1 saturated heterocycles. The van der Waals surface area contributed by atoms with Crippen molar-refractivity contribution in [2.24, 2.45) is 0 Å². The lowest BCUT2D eigenvalue weighted by Crippen LogP contribution is -2.28. The third-order valence-electron chi connectivity index (χ3n) is 4.78. The summed E-state index contributed by atoms with van der Waals surface area (Å²) in [6.45, 7) is 1.10. The average Bonchev–Trinajstić information content (AvgIpc) is 3.36. The second-order valence-electron chi connectivity index (χ2n) is 7.02. The first-order valence-electron chi connectivity index (χ1n) is 9.51. The van der Waals surface area contributed by atoms with Gasteiger partial charge in [-0.3, -0.25) is 4.79 Å². The van der Waals surface area contributed by atoms with Crippen molar-refractivity contribution in [1.29, 1.82) is 0 Å². The second kappa shape index (κ2) is 8.73. The van der Waals surface area contributed by atoms with Crippen LogP contribution in [0.4, 0.5) is 14.9 Å². The minimum atomic E-state index is -0.480. The normalized spacial score (nSPS) is 16.0. The summed E-state index contributed by atoms with van der Waals surface area (Å²) in [5.74, 6) is 0.216. The highest BCUT2D eigenvalue weighted by Crippen LogP contribution is 2.27. The van der Waals surface area contributed by atoms with Gasteiger partial charge in [0.05, 0.1) is 6.54 Å². The minimum Gasteiger partial charge on any atom is -0.338 e. The van der Waals surface area contributed by atoms with Crippen LogP contribution in [0.1, 0.15) is 29.6 Å².